The van der Waals surface area contributed by atoms with Crippen LogP contribution in [0.5, 0.6) is 0 Å². The summed E-state index contributed by atoms with van der Waals surface area (Å²) in [6, 6.07) is 3.49. The van der Waals surface area contributed by atoms with E-state index in [1.54, 1.807) is 18.3 Å². The van der Waals surface area contributed by atoms with Gasteiger partial charge in [-0.2, -0.15) is 0 Å². The Hall–Kier alpha value is -1.23. The van der Waals surface area contributed by atoms with E-state index in [0.29, 0.717) is 10.3 Å². The quantitative estimate of drug-likeness (QED) is 0.558. The Morgan fingerprint density at radius 1 is 1.43 bits per heavy atom. The highest BCUT2D eigenvalue weighted by Gasteiger charge is 2.29. The number of halogens is 1. The van der Waals surface area contributed by atoms with Crippen LogP contribution in [0.1, 0.15) is 6.42 Å². The predicted molar refractivity (Wildman–Crippen MR) is 53.9 cm³/mol. The molecule has 2 rings (SSSR count). The van der Waals surface area contributed by atoms with Crippen LogP contribution in [0.4, 0.5) is 5.69 Å². The van der Waals surface area contributed by atoms with Crippen LogP contribution in [-0.4, -0.2) is 23.2 Å². The van der Waals surface area contributed by atoms with E-state index in [9.17, 15) is 9.59 Å². The third kappa shape index (κ3) is 1.55. The lowest BCUT2D eigenvalue weighted by atomic mass is 10.3. The smallest absolute Gasteiger partial charge is 0.235 e. The topological polar surface area (TPSA) is 50.3 Å². The van der Waals surface area contributed by atoms with E-state index in [4.69, 9.17) is 0 Å². The van der Waals surface area contributed by atoms with Gasteiger partial charge in [0.15, 0.2) is 5.78 Å². The van der Waals surface area contributed by atoms with Crippen LogP contribution in [-0.2, 0) is 9.59 Å². The van der Waals surface area contributed by atoms with Gasteiger partial charge in [-0.1, -0.05) is 0 Å². The van der Waals surface area contributed by atoms with Crippen LogP contribution in [0.3, 0.4) is 0 Å². The number of rotatable bonds is 1. The number of carbonyl (C=O) groups is 2. The molecule has 0 aliphatic carbocycles. The molecule has 0 radical (unpaired) electrons. The molecular weight excluding hydrogens is 248 g/mol. The first-order valence-electron chi connectivity index (χ1n) is 4.11. The van der Waals surface area contributed by atoms with Crippen molar-refractivity contribution in [3.05, 3.63) is 22.9 Å². The molecule has 0 atom stereocenters. The molecule has 14 heavy (non-hydrogen) atoms. The lowest BCUT2D eigenvalue weighted by Gasteiger charge is -2.15. The maximum Gasteiger partial charge on any atom is 0.235 e. The molecule has 0 saturated carbocycles. The lowest BCUT2D eigenvalue weighted by molar-refractivity contribution is -0.121. The molecule has 5 heteroatoms. The Kier molecular flexibility index (Phi) is 2.33. The number of hydrogen-bond acceptors (Lipinski definition) is 3. The average molecular weight is 255 g/mol. The van der Waals surface area contributed by atoms with Gasteiger partial charge in [0, 0.05) is 6.20 Å². The van der Waals surface area contributed by atoms with Crippen molar-refractivity contribution in [2.75, 3.05) is 11.4 Å². The van der Waals surface area contributed by atoms with Crippen molar-refractivity contribution in [1.29, 1.82) is 0 Å². The summed E-state index contributed by atoms with van der Waals surface area (Å²) in [5.74, 6) is -0.213. The maximum atomic E-state index is 11.4. The van der Waals surface area contributed by atoms with Gasteiger partial charge >= 0.3 is 0 Å². The van der Waals surface area contributed by atoms with E-state index in [2.05, 4.69) is 20.9 Å². The van der Waals surface area contributed by atoms with Crippen molar-refractivity contribution in [2.24, 2.45) is 0 Å². The minimum Gasteiger partial charge on any atom is -0.302 e. The highest BCUT2D eigenvalue weighted by Crippen LogP contribution is 2.26. The van der Waals surface area contributed by atoms with Crippen molar-refractivity contribution in [3.63, 3.8) is 0 Å². The zero-order chi connectivity index (χ0) is 10.1. The zero-order valence-electron chi connectivity index (χ0n) is 7.24. The lowest BCUT2D eigenvalue weighted by Crippen LogP contribution is -2.25. The van der Waals surface area contributed by atoms with Gasteiger partial charge in [-0.25, -0.2) is 4.98 Å². The van der Waals surface area contributed by atoms with Crippen LogP contribution in [0.25, 0.3) is 0 Å². The number of aromatic nitrogens is 1. The first-order valence-corrected chi connectivity index (χ1v) is 4.90. The monoisotopic (exact) mass is 254 g/mol. The number of pyridine rings is 1. The molecule has 1 aliphatic heterocycles. The fourth-order valence-electron chi connectivity index (χ4n) is 1.38. The number of anilines is 1. The summed E-state index contributed by atoms with van der Waals surface area (Å²) in [7, 11) is 0. The minimum absolute atomic E-state index is 0.00132. The largest absolute Gasteiger partial charge is 0.302 e. The molecule has 72 valence electrons. The molecule has 1 aromatic rings. The van der Waals surface area contributed by atoms with Crippen LogP contribution < -0.4 is 4.90 Å². The third-order valence-corrected chi connectivity index (χ3v) is 2.63. The normalized spacial score (nSPS) is 16.5. The number of ketones is 1. The van der Waals surface area contributed by atoms with Crippen molar-refractivity contribution < 1.29 is 9.59 Å². The number of carbonyl (C=O) groups excluding carboxylic acids is 2. The minimum atomic E-state index is -0.163. The molecular formula is C9H7BrN2O2. The first kappa shape index (κ1) is 9.33. The second kappa shape index (κ2) is 3.49. The van der Waals surface area contributed by atoms with E-state index in [-0.39, 0.29) is 24.7 Å². The van der Waals surface area contributed by atoms with Crippen LogP contribution in [0, 0.1) is 0 Å². The molecule has 4 nitrogen and oxygen atoms in total. The Morgan fingerprint density at radius 2 is 2.21 bits per heavy atom. The Bertz CT molecular complexity index is 406. The second-order valence-electron chi connectivity index (χ2n) is 3.01. The fourth-order valence-corrected chi connectivity index (χ4v) is 1.85. The van der Waals surface area contributed by atoms with Gasteiger partial charge in [0.05, 0.1) is 18.7 Å². The van der Waals surface area contributed by atoms with Crippen molar-refractivity contribution in [1.82, 2.24) is 4.98 Å². The summed E-state index contributed by atoms with van der Waals surface area (Å²) < 4.78 is 0.586. The summed E-state index contributed by atoms with van der Waals surface area (Å²) in [5, 5.41) is 0. The van der Waals surface area contributed by atoms with Crippen LogP contribution >= 0.6 is 15.9 Å². The van der Waals surface area contributed by atoms with Crippen molar-refractivity contribution >= 4 is 33.3 Å². The van der Waals surface area contributed by atoms with Gasteiger partial charge in [0.2, 0.25) is 5.91 Å². The molecule has 1 aliphatic rings. The Morgan fingerprint density at radius 3 is 2.79 bits per heavy atom. The molecule has 1 saturated heterocycles. The number of amides is 1. The second-order valence-corrected chi connectivity index (χ2v) is 3.76. The zero-order valence-corrected chi connectivity index (χ0v) is 8.82. The molecule has 0 spiro atoms. The van der Waals surface area contributed by atoms with Crippen molar-refractivity contribution in [2.45, 2.75) is 6.42 Å². The summed E-state index contributed by atoms with van der Waals surface area (Å²) in [6.07, 6.45) is 1.62. The molecule has 0 bridgehead atoms. The average Bonchev–Trinajstić information content (AvgIpc) is 2.46. The van der Waals surface area contributed by atoms with Crippen LogP contribution in [0.2, 0.25) is 0 Å². The van der Waals surface area contributed by atoms with E-state index in [0.717, 1.165) is 0 Å². The van der Waals surface area contributed by atoms with Gasteiger partial charge in [-0.3, -0.25) is 9.59 Å². The Balaban J connectivity index is 2.36. The summed E-state index contributed by atoms with van der Waals surface area (Å²) in [4.78, 5) is 27.9. The molecule has 0 aromatic carbocycles. The Labute approximate surface area is 89.1 Å². The van der Waals surface area contributed by atoms with Gasteiger partial charge in [-0.05, 0) is 28.1 Å². The molecule has 1 amide bonds. The van der Waals surface area contributed by atoms with E-state index >= 15 is 0 Å². The standard InChI is InChI=1S/C9H7BrN2O2/c10-9-7(2-1-3-11-9)12-5-6(13)4-8(12)14/h1-3H,4-5H2. The SMILES string of the molecule is O=C1CC(=O)N(c2cccnc2Br)C1. The summed E-state index contributed by atoms with van der Waals surface area (Å²) >= 11 is 3.24. The van der Waals surface area contributed by atoms with Crippen molar-refractivity contribution in [3.8, 4) is 0 Å². The highest BCUT2D eigenvalue weighted by atomic mass is 79.9. The van der Waals surface area contributed by atoms with Crippen LogP contribution in [0.15, 0.2) is 22.9 Å². The molecule has 2 heterocycles. The third-order valence-electron chi connectivity index (χ3n) is 2.01. The fraction of sp³-hybridized carbons (Fsp3) is 0.222. The maximum absolute atomic E-state index is 11.4. The highest BCUT2D eigenvalue weighted by molar-refractivity contribution is 9.10. The summed E-state index contributed by atoms with van der Waals surface area (Å²) in [6.45, 7) is 0.156. The van der Waals surface area contributed by atoms with Gasteiger partial charge < -0.3 is 4.90 Å². The van der Waals surface area contributed by atoms with E-state index in [1.807, 2.05) is 0 Å². The number of Topliss-reactive ketones (excluding diaryl/α,β-unsaturated/α-hetero) is 1. The van der Waals surface area contributed by atoms with Gasteiger partial charge in [0.1, 0.15) is 4.60 Å². The van der Waals surface area contributed by atoms with E-state index in [1.165, 1.54) is 4.90 Å². The van der Waals surface area contributed by atoms with Gasteiger partial charge in [-0.15, -0.1) is 0 Å². The molecule has 1 aromatic heterocycles. The number of nitrogens with zero attached hydrogens (tertiary/aromatic N) is 2. The molecule has 0 unspecified atom stereocenters. The van der Waals surface area contributed by atoms with E-state index < -0.39 is 0 Å². The van der Waals surface area contributed by atoms with Gasteiger partial charge in [0.25, 0.3) is 0 Å². The molecule has 0 N–H and O–H groups in total. The predicted octanol–water partition coefficient (Wildman–Crippen LogP) is 1.15. The molecule has 1 fully saturated rings. The summed E-state index contributed by atoms with van der Waals surface area (Å²) in [5.41, 5.74) is 0.656. The first-order chi connectivity index (χ1) is 6.68. The number of hydrogen-bond donors (Lipinski definition) is 0.